The molecule has 6 nitrogen and oxygen atoms in total. The molecule has 2 aliphatic rings. The Bertz CT molecular complexity index is 1820. The van der Waals surface area contributed by atoms with Gasteiger partial charge in [0, 0.05) is 29.5 Å². The molecule has 0 unspecified atom stereocenters. The van der Waals surface area contributed by atoms with Crippen LogP contribution < -0.4 is 0 Å². The van der Waals surface area contributed by atoms with Crippen molar-refractivity contribution in [2.45, 2.75) is 53.4 Å². The van der Waals surface area contributed by atoms with Gasteiger partial charge in [0.05, 0.1) is 11.1 Å². The van der Waals surface area contributed by atoms with E-state index in [0.717, 1.165) is 17.5 Å². The summed E-state index contributed by atoms with van der Waals surface area (Å²) in [6, 6.07) is 20.8. The molecule has 0 spiro atoms. The van der Waals surface area contributed by atoms with Gasteiger partial charge in [0.2, 0.25) is 5.89 Å². The zero-order valence-corrected chi connectivity index (χ0v) is 25.7. The predicted octanol–water partition coefficient (Wildman–Crippen LogP) is 8.39. The van der Waals surface area contributed by atoms with Crippen molar-refractivity contribution in [3.05, 3.63) is 107 Å². The highest BCUT2D eigenvalue weighted by molar-refractivity contribution is 6.00. The van der Waals surface area contributed by atoms with Crippen LogP contribution in [0.5, 0.6) is 0 Å². The van der Waals surface area contributed by atoms with E-state index in [1.54, 1.807) is 12.1 Å². The third kappa shape index (κ3) is 4.99. The molecule has 0 radical (unpaired) electrons. The number of amides is 1. The number of fused-ring (bicyclic) bond motifs is 2. The fraction of sp³-hybridized carbons (Fsp3) is 0.324. The number of rotatable bonds is 4. The minimum Gasteiger partial charge on any atom is -0.478 e. The second kappa shape index (κ2) is 10.1. The summed E-state index contributed by atoms with van der Waals surface area (Å²) in [5, 5.41) is 9.32. The van der Waals surface area contributed by atoms with Crippen molar-refractivity contribution >= 4 is 28.5 Å². The van der Waals surface area contributed by atoms with E-state index < -0.39 is 5.97 Å². The van der Waals surface area contributed by atoms with Gasteiger partial charge in [0.15, 0.2) is 5.58 Å². The van der Waals surface area contributed by atoms with Crippen LogP contribution in [-0.2, 0) is 5.41 Å². The van der Waals surface area contributed by atoms with Crippen LogP contribution in [0, 0.1) is 10.8 Å². The summed E-state index contributed by atoms with van der Waals surface area (Å²) >= 11 is 0. The van der Waals surface area contributed by atoms with E-state index >= 15 is 0 Å². The minimum atomic E-state index is -0.928. The smallest absolute Gasteiger partial charge is 0.335 e. The van der Waals surface area contributed by atoms with Crippen molar-refractivity contribution in [1.82, 2.24) is 9.88 Å². The first kappa shape index (κ1) is 28.7. The maximum Gasteiger partial charge on any atom is 0.335 e. The number of carbonyl (C=O) groups excluding carboxylic acids is 1. The number of oxazole rings is 1. The number of carbonyl (C=O) groups is 2. The van der Waals surface area contributed by atoms with Crippen LogP contribution in [-0.4, -0.2) is 40.0 Å². The van der Waals surface area contributed by atoms with Crippen molar-refractivity contribution in [3.8, 4) is 11.5 Å². The van der Waals surface area contributed by atoms with Crippen molar-refractivity contribution < 1.29 is 19.1 Å². The van der Waals surface area contributed by atoms with Gasteiger partial charge >= 0.3 is 5.97 Å². The standard InChI is InChI=1S/C37H38N2O4/c1-35(2,3)25-15-16-30-29(21-25)38-32(43-30)26-9-7-8-10-27(26)33(40)39-20-18-31-36(4,5)28(17-19-37(31,6)22-39)23-11-13-24(14-12-23)34(41)42/h7-18,21H,19-20,22H2,1-6H3,(H,41,42)/t37-/m1/s1. The summed E-state index contributed by atoms with van der Waals surface area (Å²) in [6.45, 7) is 14.3. The highest BCUT2D eigenvalue weighted by Gasteiger charge is 2.46. The average Bonchev–Trinajstić information content (AvgIpc) is 3.39. The van der Waals surface area contributed by atoms with E-state index in [2.05, 4.69) is 65.8 Å². The van der Waals surface area contributed by atoms with Gasteiger partial charge in [-0.1, -0.05) is 89.6 Å². The molecule has 0 fully saturated rings. The number of aromatic carboxylic acids is 1. The fourth-order valence-corrected chi connectivity index (χ4v) is 6.89. The Hall–Kier alpha value is -4.45. The number of carboxylic acid groups (broad SMARTS) is 1. The summed E-state index contributed by atoms with van der Waals surface area (Å²) in [5.74, 6) is -0.519. The predicted molar refractivity (Wildman–Crippen MR) is 170 cm³/mol. The average molecular weight is 575 g/mol. The van der Waals surface area contributed by atoms with Crippen LogP contribution >= 0.6 is 0 Å². The third-order valence-electron chi connectivity index (χ3n) is 9.18. The Morgan fingerprint density at radius 1 is 0.953 bits per heavy atom. The molecule has 1 aliphatic carbocycles. The lowest BCUT2D eigenvalue weighted by molar-refractivity contribution is 0.0679. The molecule has 0 bridgehead atoms. The first-order valence-electron chi connectivity index (χ1n) is 14.8. The summed E-state index contributed by atoms with van der Waals surface area (Å²) in [4.78, 5) is 32.2. The molecule has 1 amide bonds. The second-order valence-corrected chi connectivity index (χ2v) is 13.7. The van der Waals surface area contributed by atoms with Crippen LogP contribution in [0.25, 0.3) is 28.1 Å². The highest BCUT2D eigenvalue weighted by Crippen LogP contribution is 2.55. The summed E-state index contributed by atoms with van der Waals surface area (Å²) in [7, 11) is 0. The van der Waals surface area contributed by atoms with E-state index in [-0.39, 0.29) is 27.7 Å². The molecule has 1 N–H and O–H groups in total. The van der Waals surface area contributed by atoms with Crippen molar-refractivity contribution in [1.29, 1.82) is 0 Å². The van der Waals surface area contributed by atoms with Crippen LogP contribution in [0.4, 0.5) is 0 Å². The van der Waals surface area contributed by atoms with E-state index in [0.29, 0.717) is 35.7 Å². The van der Waals surface area contributed by atoms with Gasteiger partial charge in [0.25, 0.3) is 5.91 Å². The molecule has 220 valence electrons. The van der Waals surface area contributed by atoms with Gasteiger partial charge in [0.1, 0.15) is 5.52 Å². The number of nitrogens with zero attached hydrogens (tertiary/aromatic N) is 2. The molecule has 0 saturated heterocycles. The number of carboxylic acids is 1. The van der Waals surface area contributed by atoms with Crippen molar-refractivity contribution in [3.63, 3.8) is 0 Å². The molecule has 1 aromatic heterocycles. The normalized spacial score (nSPS) is 19.9. The lowest BCUT2D eigenvalue weighted by Gasteiger charge is -2.50. The molecule has 1 aliphatic heterocycles. The Labute approximate surface area is 252 Å². The Morgan fingerprint density at radius 2 is 1.67 bits per heavy atom. The largest absolute Gasteiger partial charge is 0.478 e. The molecule has 2 heterocycles. The number of allylic oxidation sites excluding steroid dienone is 2. The number of hydrogen-bond acceptors (Lipinski definition) is 4. The quantitative estimate of drug-likeness (QED) is 0.248. The Morgan fingerprint density at radius 3 is 2.37 bits per heavy atom. The first-order chi connectivity index (χ1) is 20.3. The molecule has 0 saturated carbocycles. The molecule has 6 rings (SSSR count). The van der Waals surface area contributed by atoms with Gasteiger partial charge in [-0.2, -0.15) is 0 Å². The molecule has 43 heavy (non-hydrogen) atoms. The zero-order chi connectivity index (χ0) is 30.7. The zero-order valence-electron chi connectivity index (χ0n) is 25.7. The SMILES string of the molecule is CC1(C)C(c2ccc(C(=O)O)cc2)=CC[C@]2(C)CN(C(=O)c3ccccc3-c3nc4cc(C(C)(C)C)ccc4o3)CC=C12. The lowest BCUT2D eigenvalue weighted by Crippen LogP contribution is -2.48. The summed E-state index contributed by atoms with van der Waals surface area (Å²) in [6.07, 6.45) is 5.26. The Balaban J connectivity index is 1.29. The topological polar surface area (TPSA) is 83.6 Å². The second-order valence-electron chi connectivity index (χ2n) is 13.7. The third-order valence-corrected chi connectivity index (χ3v) is 9.18. The van der Waals surface area contributed by atoms with Crippen LogP contribution in [0.3, 0.4) is 0 Å². The summed E-state index contributed by atoms with van der Waals surface area (Å²) in [5.41, 5.74) is 7.24. The number of aromatic nitrogens is 1. The monoisotopic (exact) mass is 574 g/mol. The van der Waals surface area contributed by atoms with Crippen LogP contribution in [0.2, 0.25) is 0 Å². The van der Waals surface area contributed by atoms with Gasteiger partial charge in [-0.3, -0.25) is 4.79 Å². The van der Waals surface area contributed by atoms with Crippen molar-refractivity contribution in [2.24, 2.45) is 10.8 Å². The maximum atomic E-state index is 14.1. The van der Waals surface area contributed by atoms with Crippen LogP contribution in [0.1, 0.15) is 79.8 Å². The van der Waals surface area contributed by atoms with E-state index in [1.165, 1.54) is 16.7 Å². The van der Waals surface area contributed by atoms with E-state index in [1.807, 2.05) is 47.4 Å². The molecular weight excluding hydrogens is 536 g/mol. The maximum absolute atomic E-state index is 14.1. The molecule has 4 aromatic rings. The minimum absolute atomic E-state index is 0.00741. The van der Waals surface area contributed by atoms with Gasteiger partial charge in [-0.25, -0.2) is 9.78 Å². The molecule has 6 heteroatoms. The van der Waals surface area contributed by atoms with E-state index in [9.17, 15) is 14.7 Å². The van der Waals surface area contributed by atoms with Gasteiger partial charge < -0.3 is 14.4 Å². The Kier molecular flexibility index (Phi) is 6.72. The lowest BCUT2D eigenvalue weighted by atomic mass is 9.58. The molecule has 3 aromatic carbocycles. The summed E-state index contributed by atoms with van der Waals surface area (Å²) < 4.78 is 6.17. The first-order valence-corrected chi connectivity index (χ1v) is 14.8. The number of benzene rings is 3. The van der Waals surface area contributed by atoms with Gasteiger partial charge in [-0.15, -0.1) is 0 Å². The van der Waals surface area contributed by atoms with E-state index in [4.69, 9.17) is 9.40 Å². The van der Waals surface area contributed by atoms with Crippen molar-refractivity contribution in [2.75, 3.05) is 13.1 Å². The molecular formula is C37H38N2O4. The van der Waals surface area contributed by atoms with Crippen LogP contribution in [0.15, 0.2) is 88.9 Å². The fourth-order valence-electron chi connectivity index (χ4n) is 6.89. The molecule has 1 atom stereocenters. The highest BCUT2D eigenvalue weighted by atomic mass is 16.4. The number of hydrogen-bond donors (Lipinski definition) is 1. The van der Waals surface area contributed by atoms with Gasteiger partial charge in [-0.05, 0) is 64.9 Å².